The highest BCUT2D eigenvalue weighted by Gasteiger charge is 2.04. The second-order valence-electron chi connectivity index (χ2n) is 1.68. The highest BCUT2D eigenvalue weighted by atomic mass is 19.1. The first-order chi connectivity index (χ1) is 4.61. The number of hydrogen-bond acceptors (Lipinski definition) is 5. The Bertz CT molecular complexity index is 237. The number of halogens is 1. The normalized spacial score (nSPS) is 9.70. The van der Waals surface area contributed by atoms with Gasteiger partial charge in [0.1, 0.15) is 5.69 Å². The van der Waals surface area contributed by atoms with E-state index in [0.29, 0.717) is 0 Å². The number of nitrogen functional groups attached to an aromatic ring is 3. The maximum atomic E-state index is 12.2. The second kappa shape index (κ2) is 1.98. The van der Waals surface area contributed by atoms with E-state index < -0.39 is 6.08 Å². The van der Waals surface area contributed by atoms with Crippen LogP contribution in [-0.2, 0) is 0 Å². The maximum Gasteiger partial charge on any atom is 0.312 e. The van der Waals surface area contributed by atoms with Crippen molar-refractivity contribution in [2.24, 2.45) is 0 Å². The summed E-state index contributed by atoms with van der Waals surface area (Å²) in [5, 5.41) is 0. The van der Waals surface area contributed by atoms with Gasteiger partial charge in [-0.1, -0.05) is 0 Å². The van der Waals surface area contributed by atoms with E-state index in [1.54, 1.807) is 0 Å². The van der Waals surface area contributed by atoms with Crippen LogP contribution in [0.2, 0.25) is 0 Å². The zero-order valence-electron chi connectivity index (χ0n) is 5.00. The first kappa shape index (κ1) is 6.53. The Morgan fingerprint density at radius 2 is 1.40 bits per heavy atom. The zero-order valence-corrected chi connectivity index (χ0v) is 5.00. The van der Waals surface area contributed by atoms with E-state index in [4.69, 9.17) is 17.2 Å². The highest BCUT2D eigenvalue weighted by molar-refractivity contribution is 5.70. The minimum Gasteiger partial charge on any atom is -0.393 e. The molecule has 1 aromatic rings. The van der Waals surface area contributed by atoms with E-state index in [1.165, 1.54) is 0 Å². The molecule has 0 bridgehead atoms. The molecule has 0 aliphatic heterocycles. The minimum absolute atomic E-state index is 0.0152. The van der Waals surface area contributed by atoms with Crippen molar-refractivity contribution in [3.8, 4) is 0 Å². The lowest BCUT2D eigenvalue weighted by molar-refractivity contribution is 0.543. The van der Waals surface area contributed by atoms with E-state index in [1.807, 2.05) is 0 Å². The standard InChI is InChI=1S/C4H6FN5/c5-4-9-2(7)1(6)3(8)10-4/h6H2,(H4,7,8,9,10). The van der Waals surface area contributed by atoms with Gasteiger partial charge in [-0.05, 0) is 0 Å². The predicted octanol–water partition coefficient (Wildman–Crippen LogP) is -0.638. The molecule has 6 N–H and O–H groups in total. The van der Waals surface area contributed by atoms with Crippen molar-refractivity contribution in [2.75, 3.05) is 17.2 Å². The van der Waals surface area contributed by atoms with Gasteiger partial charge >= 0.3 is 6.08 Å². The molecule has 0 aliphatic carbocycles. The molecule has 0 unspecified atom stereocenters. The molecule has 0 radical (unpaired) electrons. The zero-order chi connectivity index (χ0) is 7.72. The van der Waals surface area contributed by atoms with Crippen LogP contribution >= 0.6 is 0 Å². The van der Waals surface area contributed by atoms with Gasteiger partial charge in [0, 0.05) is 0 Å². The summed E-state index contributed by atoms with van der Waals surface area (Å²) in [4.78, 5) is 6.26. The van der Waals surface area contributed by atoms with E-state index in [2.05, 4.69) is 9.97 Å². The molecule has 54 valence electrons. The van der Waals surface area contributed by atoms with Crippen LogP contribution in [0.5, 0.6) is 0 Å². The van der Waals surface area contributed by atoms with Gasteiger partial charge in [0.25, 0.3) is 0 Å². The number of hydrogen-bond donors (Lipinski definition) is 3. The predicted molar refractivity (Wildman–Crippen MR) is 35.2 cm³/mol. The summed E-state index contributed by atoms with van der Waals surface area (Å²) in [6.07, 6.45) is -0.968. The summed E-state index contributed by atoms with van der Waals surface area (Å²) >= 11 is 0. The molecule has 6 heteroatoms. The molecule has 1 aromatic heterocycles. The van der Waals surface area contributed by atoms with E-state index in [0.717, 1.165) is 0 Å². The number of rotatable bonds is 0. The average molecular weight is 143 g/mol. The molecule has 0 atom stereocenters. The quantitative estimate of drug-likeness (QED) is 0.419. The number of nitrogens with zero attached hydrogens (tertiary/aromatic N) is 2. The van der Waals surface area contributed by atoms with Crippen LogP contribution in [-0.4, -0.2) is 9.97 Å². The Morgan fingerprint density at radius 3 is 1.80 bits per heavy atom. The third kappa shape index (κ3) is 0.903. The summed E-state index contributed by atoms with van der Waals surface area (Å²) in [5.41, 5.74) is 15.5. The number of anilines is 3. The van der Waals surface area contributed by atoms with E-state index in [-0.39, 0.29) is 17.3 Å². The monoisotopic (exact) mass is 143 g/mol. The van der Waals surface area contributed by atoms with Crippen molar-refractivity contribution < 1.29 is 4.39 Å². The summed E-state index contributed by atoms with van der Waals surface area (Å²) in [7, 11) is 0. The third-order valence-corrected chi connectivity index (χ3v) is 0.977. The van der Waals surface area contributed by atoms with Gasteiger partial charge in [0.15, 0.2) is 11.6 Å². The van der Waals surface area contributed by atoms with Gasteiger partial charge in [-0.2, -0.15) is 14.4 Å². The number of aromatic nitrogens is 2. The molecule has 1 rings (SSSR count). The Morgan fingerprint density at radius 1 is 1.00 bits per heavy atom. The lowest BCUT2D eigenvalue weighted by Gasteiger charge is -1.99. The van der Waals surface area contributed by atoms with Gasteiger partial charge in [0.05, 0.1) is 0 Å². The Balaban J connectivity index is 3.31. The molecular formula is C4H6FN5. The topological polar surface area (TPSA) is 104 Å². The molecule has 5 nitrogen and oxygen atoms in total. The van der Waals surface area contributed by atoms with Crippen LogP contribution in [0.3, 0.4) is 0 Å². The Hall–Kier alpha value is -1.59. The molecule has 0 saturated carbocycles. The van der Waals surface area contributed by atoms with Crippen LogP contribution in [0.25, 0.3) is 0 Å². The minimum atomic E-state index is -0.968. The smallest absolute Gasteiger partial charge is 0.312 e. The van der Waals surface area contributed by atoms with E-state index in [9.17, 15) is 4.39 Å². The second-order valence-corrected chi connectivity index (χ2v) is 1.68. The SMILES string of the molecule is Nc1nc(F)nc(N)c1N. The summed E-state index contributed by atoms with van der Waals surface area (Å²) in [6.45, 7) is 0. The fraction of sp³-hybridized carbons (Fsp3) is 0. The molecule has 0 saturated heterocycles. The molecule has 0 aromatic carbocycles. The van der Waals surface area contributed by atoms with Gasteiger partial charge < -0.3 is 17.2 Å². The lowest BCUT2D eigenvalue weighted by atomic mass is 10.4. The Kier molecular flexibility index (Phi) is 1.29. The summed E-state index contributed by atoms with van der Waals surface area (Å²) in [6, 6.07) is 0. The van der Waals surface area contributed by atoms with Crippen LogP contribution in [0.4, 0.5) is 21.7 Å². The molecular weight excluding hydrogens is 137 g/mol. The van der Waals surface area contributed by atoms with E-state index >= 15 is 0 Å². The summed E-state index contributed by atoms with van der Waals surface area (Å²) < 4.78 is 12.2. The lowest BCUT2D eigenvalue weighted by Crippen LogP contribution is -2.06. The van der Waals surface area contributed by atoms with Crippen molar-refractivity contribution >= 4 is 17.3 Å². The Labute approximate surface area is 56.1 Å². The van der Waals surface area contributed by atoms with Crippen molar-refractivity contribution in [3.05, 3.63) is 6.08 Å². The average Bonchev–Trinajstić information content (AvgIpc) is 1.82. The van der Waals surface area contributed by atoms with Crippen molar-refractivity contribution in [2.45, 2.75) is 0 Å². The number of nitrogens with two attached hydrogens (primary N) is 3. The molecule has 10 heavy (non-hydrogen) atoms. The van der Waals surface area contributed by atoms with Crippen LogP contribution in [0.1, 0.15) is 0 Å². The van der Waals surface area contributed by atoms with Gasteiger partial charge in [0.2, 0.25) is 0 Å². The molecule has 0 spiro atoms. The van der Waals surface area contributed by atoms with Crippen LogP contribution in [0.15, 0.2) is 0 Å². The third-order valence-electron chi connectivity index (χ3n) is 0.977. The van der Waals surface area contributed by atoms with Crippen LogP contribution < -0.4 is 17.2 Å². The van der Waals surface area contributed by atoms with Gasteiger partial charge in [-0.25, -0.2) is 0 Å². The van der Waals surface area contributed by atoms with Gasteiger partial charge in [-0.15, -0.1) is 0 Å². The fourth-order valence-electron chi connectivity index (χ4n) is 0.475. The molecule has 1 heterocycles. The largest absolute Gasteiger partial charge is 0.393 e. The maximum absolute atomic E-state index is 12.2. The van der Waals surface area contributed by atoms with Crippen LogP contribution in [0, 0.1) is 6.08 Å². The van der Waals surface area contributed by atoms with Gasteiger partial charge in [-0.3, -0.25) is 0 Å². The summed E-state index contributed by atoms with van der Waals surface area (Å²) in [5.74, 6) is -0.269. The van der Waals surface area contributed by atoms with Crippen molar-refractivity contribution in [1.29, 1.82) is 0 Å². The first-order valence-corrected chi connectivity index (χ1v) is 2.45. The highest BCUT2D eigenvalue weighted by Crippen LogP contribution is 2.16. The molecule has 0 amide bonds. The first-order valence-electron chi connectivity index (χ1n) is 2.45. The van der Waals surface area contributed by atoms with Crippen molar-refractivity contribution in [1.82, 2.24) is 9.97 Å². The fourth-order valence-corrected chi connectivity index (χ4v) is 0.475. The molecule has 0 aliphatic rings. The van der Waals surface area contributed by atoms with Crippen molar-refractivity contribution in [3.63, 3.8) is 0 Å². The molecule has 0 fully saturated rings.